The fourth-order valence-electron chi connectivity index (χ4n) is 3.01. The highest BCUT2D eigenvalue weighted by molar-refractivity contribution is 5.81. The normalized spacial score (nSPS) is 24.7. The van der Waals surface area contributed by atoms with Gasteiger partial charge in [-0.2, -0.15) is 5.10 Å². The summed E-state index contributed by atoms with van der Waals surface area (Å²) in [5, 5.41) is 13.8. The van der Waals surface area contributed by atoms with Crippen molar-refractivity contribution < 1.29 is 9.90 Å². The van der Waals surface area contributed by atoms with Crippen molar-refractivity contribution in [1.29, 1.82) is 0 Å². The first kappa shape index (κ1) is 14.0. The molecule has 1 N–H and O–H groups in total. The van der Waals surface area contributed by atoms with Gasteiger partial charge in [-0.15, -0.1) is 0 Å². The minimum Gasteiger partial charge on any atom is -0.394 e. The van der Waals surface area contributed by atoms with Crippen LogP contribution in [-0.4, -0.2) is 49.4 Å². The number of hydrogen-bond acceptors (Lipinski definition) is 4. The van der Waals surface area contributed by atoms with Crippen molar-refractivity contribution in [2.24, 2.45) is 0 Å². The summed E-state index contributed by atoms with van der Waals surface area (Å²) in [6.07, 6.45) is 6.63. The van der Waals surface area contributed by atoms with E-state index in [9.17, 15) is 9.90 Å². The van der Waals surface area contributed by atoms with E-state index < -0.39 is 0 Å². The van der Waals surface area contributed by atoms with Gasteiger partial charge in [-0.05, 0) is 26.2 Å². The zero-order valence-corrected chi connectivity index (χ0v) is 11.6. The first-order chi connectivity index (χ1) is 9.14. The number of nitrogens with zero attached hydrogens (tertiary/aromatic N) is 4. The van der Waals surface area contributed by atoms with Gasteiger partial charge in [0.25, 0.3) is 0 Å². The van der Waals surface area contributed by atoms with Crippen molar-refractivity contribution in [2.45, 2.75) is 51.1 Å². The number of hydrogen-bond donors (Lipinski definition) is 1. The van der Waals surface area contributed by atoms with Crippen LogP contribution in [0.3, 0.4) is 0 Å². The van der Waals surface area contributed by atoms with E-state index in [0.717, 1.165) is 32.2 Å². The monoisotopic (exact) mass is 266 g/mol. The number of amides is 1. The predicted octanol–water partition coefficient (Wildman–Crippen LogP) is 0.993. The van der Waals surface area contributed by atoms with Gasteiger partial charge in [0.05, 0.1) is 12.1 Å². The molecule has 0 saturated carbocycles. The SMILES string of the molecule is CCCC1(CO)CCCN1C(=O)C(C)n1cncn1. The van der Waals surface area contributed by atoms with Gasteiger partial charge in [0.1, 0.15) is 18.7 Å². The highest BCUT2D eigenvalue weighted by Gasteiger charge is 2.43. The van der Waals surface area contributed by atoms with Gasteiger partial charge in [0.2, 0.25) is 5.91 Å². The Balaban J connectivity index is 2.17. The van der Waals surface area contributed by atoms with E-state index in [1.54, 1.807) is 11.0 Å². The third kappa shape index (κ3) is 2.49. The average molecular weight is 266 g/mol. The van der Waals surface area contributed by atoms with Crippen LogP contribution in [0.1, 0.15) is 45.6 Å². The Morgan fingerprint density at radius 1 is 1.58 bits per heavy atom. The molecule has 1 fully saturated rings. The van der Waals surface area contributed by atoms with Crippen LogP contribution in [0.15, 0.2) is 12.7 Å². The van der Waals surface area contributed by atoms with E-state index in [1.165, 1.54) is 6.33 Å². The molecule has 2 heterocycles. The highest BCUT2D eigenvalue weighted by Crippen LogP contribution is 2.34. The summed E-state index contributed by atoms with van der Waals surface area (Å²) in [5.74, 6) is 0.0190. The summed E-state index contributed by atoms with van der Waals surface area (Å²) in [5.41, 5.74) is -0.374. The maximum absolute atomic E-state index is 12.6. The lowest BCUT2D eigenvalue weighted by Crippen LogP contribution is -2.51. The molecule has 1 aliphatic rings. The quantitative estimate of drug-likeness (QED) is 0.863. The largest absolute Gasteiger partial charge is 0.394 e. The molecule has 2 rings (SSSR count). The fourth-order valence-corrected chi connectivity index (χ4v) is 3.01. The molecule has 0 aromatic carbocycles. The minimum absolute atomic E-state index is 0.0190. The Labute approximate surface area is 113 Å². The second-order valence-electron chi connectivity index (χ2n) is 5.28. The van der Waals surface area contributed by atoms with E-state index in [0.29, 0.717) is 0 Å². The van der Waals surface area contributed by atoms with Crippen LogP contribution in [-0.2, 0) is 4.79 Å². The van der Waals surface area contributed by atoms with Crippen molar-refractivity contribution >= 4 is 5.91 Å². The molecule has 2 unspecified atom stereocenters. The topological polar surface area (TPSA) is 71.2 Å². The molecule has 0 bridgehead atoms. The standard InChI is InChI=1S/C13H22N4O2/c1-3-5-13(8-18)6-4-7-16(13)12(19)11(2)17-10-14-9-15-17/h9-11,18H,3-8H2,1-2H3. The molecule has 0 spiro atoms. The number of aliphatic hydroxyl groups is 1. The molecule has 1 aromatic heterocycles. The molecule has 6 nitrogen and oxygen atoms in total. The lowest BCUT2D eigenvalue weighted by molar-refractivity contribution is -0.140. The molecule has 2 atom stereocenters. The van der Waals surface area contributed by atoms with Gasteiger partial charge in [-0.1, -0.05) is 13.3 Å². The summed E-state index contributed by atoms with van der Waals surface area (Å²) in [6, 6.07) is -0.372. The van der Waals surface area contributed by atoms with Gasteiger partial charge in [0, 0.05) is 6.54 Å². The average Bonchev–Trinajstić information content (AvgIpc) is 3.07. The van der Waals surface area contributed by atoms with Crippen molar-refractivity contribution in [3.05, 3.63) is 12.7 Å². The summed E-state index contributed by atoms with van der Waals surface area (Å²) in [6.45, 7) is 4.66. The summed E-state index contributed by atoms with van der Waals surface area (Å²) in [7, 11) is 0. The lowest BCUT2D eigenvalue weighted by atomic mass is 9.91. The molecule has 0 aliphatic carbocycles. The Hall–Kier alpha value is -1.43. The zero-order chi connectivity index (χ0) is 13.9. The third-order valence-electron chi connectivity index (χ3n) is 4.06. The molecule has 106 valence electrons. The van der Waals surface area contributed by atoms with E-state index in [4.69, 9.17) is 0 Å². The van der Waals surface area contributed by atoms with Gasteiger partial charge < -0.3 is 10.0 Å². The maximum atomic E-state index is 12.6. The fraction of sp³-hybridized carbons (Fsp3) is 0.769. The first-order valence-corrected chi connectivity index (χ1v) is 6.91. The smallest absolute Gasteiger partial charge is 0.247 e. The van der Waals surface area contributed by atoms with Crippen molar-refractivity contribution in [3.63, 3.8) is 0 Å². The molecule has 1 amide bonds. The molecule has 19 heavy (non-hydrogen) atoms. The second-order valence-corrected chi connectivity index (χ2v) is 5.28. The predicted molar refractivity (Wildman–Crippen MR) is 70.4 cm³/mol. The summed E-state index contributed by atoms with van der Waals surface area (Å²) in [4.78, 5) is 18.3. The van der Waals surface area contributed by atoms with Gasteiger partial charge in [-0.25, -0.2) is 9.67 Å². The molecule has 6 heteroatoms. The lowest BCUT2D eigenvalue weighted by Gasteiger charge is -2.38. The molecule has 1 saturated heterocycles. The molecule has 0 radical (unpaired) electrons. The Morgan fingerprint density at radius 3 is 2.95 bits per heavy atom. The van der Waals surface area contributed by atoms with Crippen molar-refractivity contribution in [2.75, 3.05) is 13.2 Å². The molecular weight excluding hydrogens is 244 g/mol. The second kappa shape index (κ2) is 5.69. The molecule has 1 aliphatic heterocycles. The number of carbonyl (C=O) groups is 1. The molecule has 1 aromatic rings. The number of likely N-dealkylation sites (tertiary alicyclic amines) is 1. The van der Waals surface area contributed by atoms with E-state index >= 15 is 0 Å². The van der Waals surface area contributed by atoms with Crippen molar-refractivity contribution in [3.8, 4) is 0 Å². The van der Waals surface area contributed by atoms with Crippen LogP contribution in [0.2, 0.25) is 0 Å². The van der Waals surface area contributed by atoms with E-state index in [2.05, 4.69) is 17.0 Å². The van der Waals surface area contributed by atoms with Crippen LogP contribution < -0.4 is 0 Å². The summed E-state index contributed by atoms with van der Waals surface area (Å²) >= 11 is 0. The Morgan fingerprint density at radius 2 is 2.37 bits per heavy atom. The number of aromatic nitrogens is 3. The zero-order valence-electron chi connectivity index (χ0n) is 11.6. The highest BCUT2D eigenvalue weighted by atomic mass is 16.3. The van der Waals surface area contributed by atoms with Gasteiger partial charge >= 0.3 is 0 Å². The van der Waals surface area contributed by atoms with Gasteiger partial charge in [0.15, 0.2) is 0 Å². The van der Waals surface area contributed by atoms with Crippen LogP contribution in [0.5, 0.6) is 0 Å². The van der Waals surface area contributed by atoms with Gasteiger partial charge in [-0.3, -0.25) is 4.79 Å². The maximum Gasteiger partial charge on any atom is 0.247 e. The Bertz CT molecular complexity index is 420. The third-order valence-corrected chi connectivity index (χ3v) is 4.06. The van der Waals surface area contributed by atoms with Crippen LogP contribution in [0, 0.1) is 0 Å². The minimum atomic E-state index is -0.374. The Kier molecular flexibility index (Phi) is 4.19. The van der Waals surface area contributed by atoms with Crippen LogP contribution >= 0.6 is 0 Å². The van der Waals surface area contributed by atoms with Crippen LogP contribution in [0.25, 0.3) is 0 Å². The van der Waals surface area contributed by atoms with Crippen molar-refractivity contribution in [1.82, 2.24) is 19.7 Å². The van der Waals surface area contributed by atoms with E-state index in [-0.39, 0.29) is 24.1 Å². The first-order valence-electron chi connectivity index (χ1n) is 6.91. The number of carbonyl (C=O) groups excluding carboxylic acids is 1. The van der Waals surface area contributed by atoms with E-state index in [1.807, 2.05) is 11.8 Å². The summed E-state index contributed by atoms with van der Waals surface area (Å²) < 4.78 is 1.56. The number of aliphatic hydroxyl groups excluding tert-OH is 1. The molecular formula is C13H22N4O2. The number of rotatable bonds is 5. The van der Waals surface area contributed by atoms with Crippen LogP contribution in [0.4, 0.5) is 0 Å².